The van der Waals surface area contributed by atoms with Crippen molar-refractivity contribution in [1.29, 1.82) is 0 Å². The Bertz CT molecular complexity index is 1450. The fourth-order valence-electron chi connectivity index (χ4n) is 4.78. The van der Waals surface area contributed by atoms with E-state index in [9.17, 15) is 14.7 Å². The lowest BCUT2D eigenvalue weighted by Gasteiger charge is -2.38. The Kier molecular flexibility index (Phi) is 5.56. The van der Waals surface area contributed by atoms with Crippen LogP contribution in [0.25, 0.3) is 16.7 Å². The van der Waals surface area contributed by atoms with E-state index in [1.807, 2.05) is 54.6 Å². The van der Waals surface area contributed by atoms with Crippen molar-refractivity contribution in [3.63, 3.8) is 0 Å². The topological polar surface area (TPSA) is 105 Å². The average molecular weight is 485 g/mol. The summed E-state index contributed by atoms with van der Waals surface area (Å²) >= 11 is 0. The number of piperidine rings is 1. The molecule has 0 spiro atoms. The van der Waals surface area contributed by atoms with Crippen LogP contribution in [0.3, 0.4) is 0 Å². The third-order valence-electron chi connectivity index (χ3n) is 7.08. The van der Waals surface area contributed by atoms with E-state index in [4.69, 9.17) is 0 Å². The number of benzene rings is 2. The molecule has 2 N–H and O–H groups in total. The fourth-order valence-corrected chi connectivity index (χ4v) is 4.78. The first-order valence-electron chi connectivity index (χ1n) is 12.4. The number of amides is 1. The second kappa shape index (κ2) is 8.91. The highest BCUT2D eigenvalue weighted by atomic mass is 16.3. The van der Waals surface area contributed by atoms with Crippen LogP contribution in [0.2, 0.25) is 0 Å². The number of rotatable bonds is 6. The van der Waals surface area contributed by atoms with Gasteiger partial charge < -0.3 is 15.3 Å². The Labute approximate surface area is 208 Å². The summed E-state index contributed by atoms with van der Waals surface area (Å²) in [7, 11) is 0. The highest BCUT2D eigenvalue weighted by Crippen LogP contribution is 2.27. The highest BCUT2D eigenvalue weighted by Gasteiger charge is 2.35. The van der Waals surface area contributed by atoms with Crippen molar-refractivity contribution in [3.8, 4) is 5.69 Å². The summed E-state index contributed by atoms with van der Waals surface area (Å²) in [6.45, 7) is 0.969. The number of fused-ring (bicyclic) bond motifs is 1. The van der Waals surface area contributed by atoms with Gasteiger partial charge in [-0.05, 0) is 62.1 Å². The van der Waals surface area contributed by atoms with Crippen molar-refractivity contribution < 1.29 is 9.90 Å². The Morgan fingerprint density at radius 1 is 1.06 bits per heavy atom. The van der Waals surface area contributed by atoms with Gasteiger partial charge in [-0.3, -0.25) is 14.2 Å². The first-order chi connectivity index (χ1) is 17.5. The maximum atomic E-state index is 13.1. The summed E-state index contributed by atoms with van der Waals surface area (Å²) in [5.74, 6) is -0.0383. The average Bonchev–Trinajstić information content (AvgIpc) is 3.61. The second-order valence-electron chi connectivity index (χ2n) is 9.82. The summed E-state index contributed by atoms with van der Waals surface area (Å²) in [5, 5.41) is 19.4. The largest absolute Gasteiger partial charge is 0.388 e. The molecule has 9 heteroatoms. The molecule has 6 rings (SSSR count). The standard InChI is InChI=1S/C27H28N6O3/c34-25(19-6-8-20(9-7-19)30-21-10-11-21)31-14-12-27(36,13-15-31)17-32-18-28-24-23(26(32)35)16-29-33(24)22-4-2-1-3-5-22/h1-9,16,18,21,30,36H,10-15,17H2. The third kappa shape index (κ3) is 4.37. The highest BCUT2D eigenvalue weighted by molar-refractivity contribution is 5.94. The summed E-state index contributed by atoms with van der Waals surface area (Å²) in [6, 6.07) is 17.7. The van der Waals surface area contributed by atoms with Crippen LogP contribution in [0.5, 0.6) is 0 Å². The molecule has 1 saturated carbocycles. The minimum Gasteiger partial charge on any atom is -0.388 e. The van der Waals surface area contributed by atoms with Gasteiger partial charge in [0.1, 0.15) is 11.7 Å². The van der Waals surface area contributed by atoms with E-state index in [-0.39, 0.29) is 18.0 Å². The Morgan fingerprint density at radius 3 is 2.47 bits per heavy atom. The van der Waals surface area contributed by atoms with Crippen molar-refractivity contribution in [1.82, 2.24) is 24.2 Å². The number of carbonyl (C=O) groups is 1. The normalized spacial score (nSPS) is 17.3. The molecule has 9 nitrogen and oxygen atoms in total. The molecule has 0 atom stereocenters. The molecule has 3 heterocycles. The number of anilines is 1. The van der Waals surface area contributed by atoms with Crippen LogP contribution in [-0.4, -0.2) is 60.0 Å². The van der Waals surface area contributed by atoms with Gasteiger partial charge >= 0.3 is 0 Å². The van der Waals surface area contributed by atoms with Crippen molar-refractivity contribution in [2.45, 2.75) is 43.9 Å². The van der Waals surface area contributed by atoms with E-state index in [0.29, 0.717) is 48.6 Å². The van der Waals surface area contributed by atoms with E-state index in [1.165, 1.54) is 29.9 Å². The van der Waals surface area contributed by atoms with Crippen LogP contribution < -0.4 is 10.9 Å². The maximum Gasteiger partial charge on any atom is 0.264 e. The van der Waals surface area contributed by atoms with Crippen LogP contribution in [0.15, 0.2) is 71.9 Å². The number of aliphatic hydroxyl groups is 1. The monoisotopic (exact) mass is 484 g/mol. The second-order valence-corrected chi connectivity index (χ2v) is 9.82. The molecule has 1 aliphatic heterocycles. The lowest BCUT2D eigenvalue weighted by atomic mass is 9.91. The van der Waals surface area contributed by atoms with Gasteiger partial charge in [-0.2, -0.15) is 5.10 Å². The molecule has 184 valence electrons. The van der Waals surface area contributed by atoms with Crippen molar-refractivity contribution in [2.24, 2.45) is 0 Å². The number of carbonyl (C=O) groups excluding carboxylic acids is 1. The third-order valence-corrected chi connectivity index (χ3v) is 7.08. The predicted octanol–water partition coefficient (Wildman–Crippen LogP) is 2.82. The minimum absolute atomic E-state index is 0.0383. The molecular weight excluding hydrogens is 456 g/mol. The number of nitrogens with zero attached hydrogens (tertiary/aromatic N) is 5. The molecular formula is C27H28N6O3. The zero-order valence-electron chi connectivity index (χ0n) is 19.9. The van der Waals surface area contributed by atoms with E-state index in [1.54, 1.807) is 9.58 Å². The number of nitrogens with one attached hydrogen (secondary N) is 1. The Hall–Kier alpha value is -3.98. The molecule has 2 aromatic carbocycles. The van der Waals surface area contributed by atoms with Crippen molar-refractivity contribution in [2.75, 3.05) is 18.4 Å². The summed E-state index contributed by atoms with van der Waals surface area (Å²) in [5.41, 5.74) is 1.64. The van der Waals surface area contributed by atoms with Crippen LogP contribution in [0.4, 0.5) is 5.69 Å². The number of hydrogen-bond acceptors (Lipinski definition) is 6. The molecule has 2 fully saturated rings. The molecule has 1 saturated heterocycles. The number of para-hydroxylation sites is 1. The summed E-state index contributed by atoms with van der Waals surface area (Å²) in [6.07, 6.45) is 6.15. The van der Waals surface area contributed by atoms with Crippen LogP contribution in [-0.2, 0) is 6.54 Å². The molecule has 0 radical (unpaired) electrons. The van der Waals surface area contributed by atoms with Gasteiger partial charge in [-0.15, -0.1) is 0 Å². The fraction of sp³-hybridized carbons (Fsp3) is 0.333. The lowest BCUT2D eigenvalue weighted by molar-refractivity contribution is -0.0299. The van der Waals surface area contributed by atoms with Gasteiger partial charge in [0.05, 0.1) is 24.0 Å². The van der Waals surface area contributed by atoms with Gasteiger partial charge in [-0.25, -0.2) is 9.67 Å². The molecule has 4 aromatic rings. The van der Waals surface area contributed by atoms with Crippen LogP contribution in [0.1, 0.15) is 36.0 Å². The lowest BCUT2D eigenvalue weighted by Crippen LogP contribution is -2.49. The zero-order chi connectivity index (χ0) is 24.7. The first kappa shape index (κ1) is 22.5. The van der Waals surface area contributed by atoms with Gasteiger partial charge in [0, 0.05) is 30.4 Å². The number of hydrogen-bond donors (Lipinski definition) is 2. The molecule has 0 unspecified atom stereocenters. The number of likely N-dealkylation sites (tertiary alicyclic amines) is 1. The van der Waals surface area contributed by atoms with Gasteiger partial charge in [0.15, 0.2) is 5.65 Å². The smallest absolute Gasteiger partial charge is 0.264 e. The molecule has 36 heavy (non-hydrogen) atoms. The molecule has 2 aromatic heterocycles. The van der Waals surface area contributed by atoms with Crippen molar-refractivity contribution >= 4 is 22.6 Å². The van der Waals surface area contributed by atoms with E-state index in [2.05, 4.69) is 15.4 Å². The van der Waals surface area contributed by atoms with Gasteiger partial charge in [0.2, 0.25) is 0 Å². The van der Waals surface area contributed by atoms with Crippen LogP contribution >= 0.6 is 0 Å². The van der Waals surface area contributed by atoms with Crippen LogP contribution in [0, 0.1) is 0 Å². The van der Waals surface area contributed by atoms with Crippen molar-refractivity contribution in [3.05, 3.63) is 83.0 Å². The van der Waals surface area contributed by atoms with E-state index in [0.717, 1.165) is 11.4 Å². The maximum absolute atomic E-state index is 13.1. The Balaban J connectivity index is 1.13. The SMILES string of the molecule is O=C(c1ccc(NC2CC2)cc1)N1CCC(O)(Cn2cnc3c(cnn3-c3ccccc3)c2=O)CC1. The summed E-state index contributed by atoms with van der Waals surface area (Å²) < 4.78 is 3.08. The minimum atomic E-state index is -1.09. The van der Waals surface area contributed by atoms with E-state index >= 15 is 0 Å². The molecule has 0 bridgehead atoms. The summed E-state index contributed by atoms with van der Waals surface area (Å²) in [4.78, 5) is 32.4. The first-order valence-corrected chi connectivity index (χ1v) is 12.4. The Morgan fingerprint density at radius 2 is 1.78 bits per heavy atom. The zero-order valence-corrected chi connectivity index (χ0v) is 19.9. The van der Waals surface area contributed by atoms with E-state index < -0.39 is 5.60 Å². The quantitative estimate of drug-likeness (QED) is 0.436. The van der Waals surface area contributed by atoms with Gasteiger partial charge in [-0.1, -0.05) is 18.2 Å². The van der Waals surface area contributed by atoms with Gasteiger partial charge in [0.25, 0.3) is 11.5 Å². The molecule has 1 amide bonds. The molecule has 1 aliphatic carbocycles. The predicted molar refractivity (Wildman–Crippen MR) is 136 cm³/mol. The number of aromatic nitrogens is 4. The molecule has 2 aliphatic rings.